The predicted molar refractivity (Wildman–Crippen MR) is 124 cm³/mol. The van der Waals surface area contributed by atoms with Crippen LogP contribution in [0.2, 0.25) is 0 Å². The molecule has 0 bridgehead atoms. The normalized spacial score (nSPS) is 17.6. The maximum atomic E-state index is 5.83. The van der Waals surface area contributed by atoms with Crippen LogP contribution >= 0.6 is 12.4 Å². The predicted octanol–water partition coefficient (Wildman–Crippen LogP) is 6.06. The van der Waals surface area contributed by atoms with E-state index in [1.54, 1.807) is 7.11 Å². The van der Waals surface area contributed by atoms with Crippen LogP contribution in [-0.4, -0.2) is 32.9 Å². The number of benzene rings is 3. The quantitative estimate of drug-likeness (QED) is 0.492. The number of ether oxygens (including phenoxy) is 2. The van der Waals surface area contributed by atoms with Gasteiger partial charge in [0.2, 0.25) is 0 Å². The Balaban J connectivity index is 0.00000240. The Hall–Kier alpha value is -2.23. The molecule has 0 spiro atoms. The summed E-state index contributed by atoms with van der Waals surface area (Å²) in [5.41, 5.74) is 2.67. The number of anilines is 1. The molecule has 3 nitrogen and oxygen atoms in total. The maximum Gasteiger partial charge on any atom is 0.120 e. The van der Waals surface area contributed by atoms with Crippen LogP contribution < -0.4 is 9.64 Å². The number of rotatable bonds is 6. The summed E-state index contributed by atoms with van der Waals surface area (Å²) in [6.45, 7) is 4.86. The molecule has 4 rings (SSSR count). The Morgan fingerprint density at radius 3 is 2.72 bits per heavy atom. The van der Waals surface area contributed by atoms with E-state index in [4.69, 9.17) is 9.47 Å². The number of fused-ring (bicyclic) bond motifs is 1. The van der Waals surface area contributed by atoms with Gasteiger partial charge < -0.3 is 14.4 Å². The third-order valence-electron chi connectivity index (χ3n) is 5.90. The van der Waals surface area contributed by atoms with Crippen molar-refractivity contribution < 1.29 is 9.47 Å². The van der Waals surface area contributed by atoms with Crippen LogP contribution in [0.3, 0.4) is 0 Å². The minimum absolute atomic E-state index is 0. The van der Waals surface area contributed by atoms with Crippen LogP contribution in [-0.2, 0) is 4.74 Å². The smallest absolute Gasteiger partial charge is 0.120 e. The van der Waals surface area contributed by atoms with Crippen LogP contribution in [0.25, 0.3) is 10.8 Å². The summed E-state index contributed by atoms with van der Waals surface area (Å²) in [7, 11) is 1.72. The molecule has 1 saturated heterocycles. The minimum atomic E-state index is 0. The van der Waals surface area contributed by atoms with Gasteiger partial charge >= 0.3 is 0 Å². The van der Waals surface area contributed by atoms with Crippen LogP contribution in [0.1, 0.15) is 31.2 Å². The Bertz CT molecular complexity index is 924. The third kappa shape index (κ3) is 4.85. The summed E-state index contributed by atoms with van der Waals surface area (Å²) >= 11 is 0. The molecule has 0 saturated carbocycles. The van der Waals surface area contributed by atoms with Gasteiger partial charge in [0.1, 0.15) is 5.75 Å². The average molecular weight is 412 g/mol. The van der Waals surface area contributed by atoms with Gasteiger partial charge in [-0.2, -0.15) is 0 Å². The molecule has 0 aliphatic carbocycles. The number of hydrogen-bond acceptors (Lipinski definition) is 3. The molecular formula is C25H30ClNO2. The first-order valence-corrected chi connectivity index (χ1v) is 10.2. The molecule has 1 aliphatic rings. The summed E-state index contributed by atoms with van der Waals surface area (Å²) in [5.74, 6) is 1.42. The first-order chi connectivity index (χ1) is 13.8. The zero-order valence-electron chi connectivity index (χ0n) is 17.2. The Morgan fingerprint density at radius 2 is 1.86 bits per heavy atom. The summed E-state index contributed by atoms with van der Waals surface area (Å²) in [6.07, 6.45) is 2.25. The highest BCUT2D eigenvalue weighted by Gasteiger charge is 2.24. The molecule has 1 aliphatic heterocycles. The average Bonchev–Trinajstić information content (AvgIpc) is 2.77. The van der Waals surface area contributed by atoms with Gasteiger partial charge in [-0.25, -0.2) is 0 Å². The van der Waals surface area contributed by atoms with Gasteiger partial charge in [-0.05, 0) is 47.2 Å². The fraction of sp³-hybridized carbons (Fsp3) is 0.360. The molecule has 3 aromatic rings. The van der Waals surface area contributed by atoms with Crippen LogP contribution in [0.5, 0.6) is 5.75 Å². The van der Waals surface area contributed by atoms with E-state index >= 15 is 0 Å². The first-order valence-electron chi connectivity index (χ1n) is 10.2. The van der Waals surface area contributed by atoms with Crippen molar-refractivity contribution in [2.24, 2.45) is 0 Å². The molecule has 0 N–H and O–H groups in total. The number of nitrogens with zero attached hydrogens (tertiary/aromatic N) is 1. The van der Waals surface area contributed by atoms with Gasteiger partial charge in [-0.1, -0.05) is 55.5 Å². The zero-order valence-corrected chi connectivity index (χ0v) is 18.0. The molecule has 3 aromatic carbocycles. The van der Waals surface area contributed by atoms with E-state index in [2.05, 4.69) is 72.5 Å². The van der Waals surface area contributed by atoms with Gasteiger partial charge in [0.05, 0.1) is 26.4 Å². The largest absolute Gasteiger partial charge is 0.497 e. The molecule has 4 heteroatoms. The monoisotopic (exact) mass is 411 g/mol. The maximum absolute atomic E-state index is 5.83. The van der Waals surface area contributed by atoms with Crippen LogP contribution in [0.15, 0.2) is 66.7 Å². The molecule has 0 aromatic heterocycles. The van der Waals surface area contributed by atoms with Crippen LogP contribution in [0, 0.1) is 0 Å². The first kappa shape index (κ1) is 21.5. The topological polar surface area (TPSA) is 21.7 Å². The summed E-state index contributed by atoms with van der Waals surface area (Å²) in [6, 6.07) is 24.1. The standard InChI is InChI=1S/C25H29NO2.ClH/c1-19(24-12-5-8-20-7-3-4-11-25(20)24)13-14-22-18-28-16-15-26(22)21-9-6-10-23(17-21)27-2;/h3-12,17,19,22H,13-16,18H2,1-2H3;1H/t19-,22?;/m0./s1. The zero-order chi connectivity index (χ0) is 19.3. The van der Waals surface area contributed by atoms with Gasteiger partial charge in [0.25, 0.3) is 0 Å². The molecule has 1 unspecified atom stereocenters. The van der Waals surface area contributed by atoms with E-state index < -0.39 is 0 Å². The highest BCUT2D eigenvalue weighted by molar-refractivity contribution is 5.86. The molecule has 0 radical (unpaired) electrons. The van der Waals surface area contributed by atoms with E-state index in [0.29, 0.717) is 12.0 Å². The lowest BCUT2D eigenvalue weighted by atomic mass is 9.90. The van der Waals surface area contributed by atoms with E-state index in [1.165, 1.54) is 22.0 Å². The summed E-state index contributed by atoms with van der Waals surface area (Å²) < 4.78 is 11.2. The van der Waals surface area contributed by atoms with Gasteiger partial charge in [0, 0.05) is 18.3 Å². The van der Waals surface area contributed by atoms with E-state index in [-0.39, 0.29) is 12.4 Å². The van der Waals surface area contributed by atoms with Crippen molar-refractivity contribution in [3.05, 3.63) is 72.3 Å². The Labute approximate surface area is 180 Å². The second kappa shape index (κ2) is 10.00. The number of morpholine rings is 1. The summed E-state index contributed by atoms with van der Waals surface area (Å²) in [4.78, 5) is 2.49. The molecule has 154 valence electrons. The third-order valence-corrected chi connectivity index (χ3v) is 5.90. The molecular weight excluding hydrogens is 382 g/mol. The van der Waals surface area contributed by atoms with Crippen molar-refractivity contribution in [2.75, 3.05) is 31.8 Å². The van der Waals surface area contributed by atoms with Crippen molar-refractivity contribution in [1.29, 1.82) is 0 Å². The van der Waals surface area contributed by atoms with Crippen molar-refractivity contribution in [3.8, 4) is 5.75 Å². The van der Waals surface area contributed by atoms with Gasteiger partial charge in [-0.3, -0.25) is 0 Å². The molecule has 29 heavy (non-hydrogen) atoms. The van der Waals surface area contributed by atoms with Crippen molar-refractivity contribution in [1.82, 2.24) is 0 Å². The summed E-state index contributed by atoms with van der Waals surface area (Å²) in [5, 5.41) is 2.70. The minimum Gasteiger partial charge on any atom is -0.497 e. The lowest BCUT2D eigenvalue weighted by Gasteiger charge is -2.38. The van der Waals surface area contributed by atoms with Crippen molar-refractivity contribution >= 4 is 28.9 Å². The van der Waals surface area contributed by atoms with E-state index in [9.17, 15) is 0 Å². The molecule has 1 heterocycles. The molecule has 2 atom stereocenters. The number of methoxy groups -OCH3 is 1. The SMILES string of the molecule is COc1cccc(N2CCOCC2CC[C@H](C)c2cccc3ccccc23)c1.Cl. The van der Waals surface area contributed by atoms with Crippen LogP contribution in [0.4, 0.5) is 5.69 Å². The van der Waals surface area contributed by atoms with Crippen molar-refractivity contribution in [2.45, 2.75) is 31.7 Å². The highest BCUT2D eigenvalue weighted by atomic mass is 35.5. The fourth-order valence-corrected chi connectivity index (χ4v) is 4.30. The van der Waals surface area contributed by atoms with E-state index in [0.717, 1.165) is 38.3 Å². The lowest BCUT2D eigenvalue weighted by Crippen LogP contribution is -2.45. The van der Waals surface area contributed by atoms with Gasteiger partial charge in [0.15, 0.2) is 0 Å². The number of hydrogen-bond donors (Lipinski definition) is 0. The lowest BCUT2D eigenvalue weighted by molar-refractivity contribution is 0.0904. The Morgan fingerprint density at radius 1 is 1.07 bits per heavy atom. The second-order valence-electron chi connectivity index (χ2n) is 7.67. The molecule has 1 fully saturated rings. The second-order valence-corrected chi connectivity index (χ2v) is 7.67. The highest BCUT2D eigenvalue weighted by Crippen LogP contribution is 2.31. The van der Waals surface area contributed by atoms with Crippen molar-refractivity contribution in [3.63, 3.8) is 0 Å². The Kier molecular flexibility index (Phi) is 7.40. The van der Waals surface area contributed by atoms with E-state index in [1.807, 2.05) is 6.07 Å². The fourth-order valence-electron chi connectivity index (χ4n) is 4.30. The molecule has 0 amide bonds. The number of halogens is 1. The van der Waals surface area contributed by atoms with Gasteiger partial charge in [-0.15, -0.1) is 12.4 Å².